The van der Waals surface area contributed by atoms with E-state index in [1.54, 1.807) is 43.3 Å². The molecule has 0 unspecified atom stereocenters. The Balaban J connectivity index is 1.77. The van der Waals surface area contributed by atoms with E-state index < -0.39 is 29.3 Å². The van der Waals surface area contributed by atoms with Gasteiger partial charge in [-0.15, -0.1) is 0 Å². The monoisotopic (exact) mass is 463 g/mol. The highest BCUT2D eigenvalue weighted by Crippen LogP contribution is 2.40. The second kappa shape index (κ2) is 9.95. The Morgan fingerprint density at radius 1 is 1.15 bits per heavy atom. The molecule has 0 spiro atoms. The molecule has 1 atom stereocenters. The summed E-state index contributed by atoms with van der Waals surface area (Å²) in [6, 6.07) is 13.8. The van der Waals surface area contributed by atoms with Crippen LogP contribution in [0.4, 0.5) is 4.39 Å². The van der Waals surface area contributed by atoms with Gasteiger partial charge in [0.05, 0.1) is 31.0 Å². The maximum absolute atomic E-state index is 14.2. The predicted octanol–water partition coefficient (Wildman–Crippen LogP) is 5.53. The third kappa shape index (κ3) is 4.59. The fourth-order valence-corrected chi connectivity index (χ4v) is 3.94. The maximum Gasteiger partial charge on any atom is 0.296 e. The Hall–Kier alpha value is -3.87. The van der Waals surface area contributed by atoms with Gasteiger partial charge in [-0.25, -0.2) is 4.39 Å². The van der Waals surface area contributed by atoms with E-state index in [2.05, 4.69) is 6.92 Å². The molecule has 1 fully saturated rings. The summed E-state index contributed by atoms with van der Waals surface area (Å²) in [5.41, 5.74) is 1.05. The van der Waals surface area contributed by atoms with E-state index in [4.69, 9.17) is 9.15 Å². The molecule has 7 heteroatoms. The highest BCUT2D eigenvalue weighted by atomic mass is 19.1. The molecule has 1 N–H and O–H groups in total. The molecular formula is C27H26FNO5. The third-order valence-electron chi connectivity index (χ3n) is 5.85. The number of nitrogens with zero attached hydrogens (tertiary/aromatic N) is 1. The van der Waals surface area contributed by atoms with E-state index in [9.17, 15) is 19.1 Å². The van der Waals surface area contributed by atoms with Gasteiger partial charge in [0.25, 0.3) is 11.7 Å². The molecule has 34 heavy (non-hydrogen) atoms. The van der Waals surface area contributed by atoms with Crippen molar-refractivity contribution in [3.63, 3.8) is 0 Å². The van der Waals surface area contributed by atoms with E-state index in [-0.39, 0.29) is 17.7 Å². The van der Waals surface area contributed by atoms with Crippen LogP contribution < -0.4 is 4.74 Å². The van der Waals surface area contributed by atoms with Crippen molar-refractivity contribution < 1.29 is 28.2 Å². The van der Waals surface area contributed by atoms with Crippen LogP contribution in [0.25, 0.3) is 5.76 Å². The quantitative estimate of drug-likeness (QED) is 0.206. The van der Waals surface area contributed by atoms with Gasteiger partial charge in [0.15, 0.2) is 0 Å². The van der Waals surface area contributed by atoms with Crippen LogP contribution in [0.15, 0.2) is 70.9 Å². The molecule has 1 aromatic heterocycles. The maximum atomic E-state index is 14.2. The molecule has 0 radical (unpaired) electrons. The predicted molar refractivity (Wildman–Crippen MR) is 125 cm³/mol. The third-order valence-corrected chi connectivity index (χ3v) is 5.85. The minimum Gasteiger partial charge on any atom is -0.507 e. The Morgan fingerprint density at radius 3 is 2.56 bits per heavy atom. The van der Waals surface area contributed by atoms with Gasteiger partial charge in [-0.2, -0.15) is 0 Å². The summed E-state index contributed by atoms with van der Waals surface area (Å²) in [5.74, 6) is -1.38. The molecule has 0 aliphatic carbocycles. The zero-order chi connectivity index (χ0) is 24.2. The van der Waals surface area contributed by atoms with Crippen LogP contribution in [0.2, 0.25) is 0 Å². The van der Waals surface area contributed by atoms with E-state index in [1.165, 1.54) is 23.3 Å². The first-order valence-corrected chi connectivity index (χ1v) is 11.2. The number of likely N-dealkylation sites (tertiary alicyclic amines) is 1. The first kappa shape index (κ1) is 23.3. The summed E-state index contributed by atoms with van der Waals surface area (Å²) in [6.07, 6.45) is 3.43. The Bertz CT molecular complexity index is 1210. The van der Waals surface area contributed by atoms with E-state index >= 15 is 0 Å². The van der Waals surface area contributed by atoms with Crippen molar-refractivity contribution in [1.82, 2.24) is 4.90 Å². The molecule has 2 heterocycles. The molecular weight excluding hydrogens is 437 g/mol. The average Bonchev–Trinajstić information content (AvgIpc) is 3.43. The molecule has 176 valence electrons. The second-order valence-electron chi connectivity index (χ2n) is 8.24. The number of amides is 1. The second-order valence-corrected chi connectivity index (χ2v) is 8.24. The van der Waals surface area contributed by atoms with Gasteiger partial charge >= 0.3 is 0 Å². The number of hydrogen-bond donors (Lipinski definition) is 1. The molecule has 0 bridgehead atoms. The smallest absolute Gasteiger partial charge is 0.296 e. The normalized spacial score (nSPS) is 17.4. The van der Waals surface area contributed by atoms with Gasteiger partial charge in [-0.1, -0.05) is 37.6 Å². The fourth-order valence-electron chi connectivity index (χ4n) is 3.94. The lowest BCUT2D eigenvalue weighted by atomic mass is 9.95. The van der Waals surface area contributed by atoms with Crippen LogP contribution in [-0.2, 0) is 16.1 Å². The van der Waals surface area contributed by atoms with Crippen molar-refractivity contribution in [3.05, 3.63) is 94.7 Å². The Morgan fingerprint density at radius 2 is 1.91 bits per heavy atom. The number of carbonyl (C=O) groups excluding carboxylic acids is 2. The zero-order valence-corrected chi connectivity index (χ0v) is 19.1. The highest BCUT2D eigenvalue weighted by molar-refractivity contribution is 6.46. The number of ketones is 1. The van der Waals surface area contributed by atoms with Crippen LogP contribution in [0.5, 0.6) is 5.75 Å². The number of aliphatic hydroxyl groups excluding tert-OH is 1. The Labute approximate surface area is 197 Å². The fraction of sp³-hybridized carbons (Fsp3) is 0.259. The molecule has 2 aromatic carbocycles. The number of rotatable bonds is 8. The van der Waals surface area contributed by atoms with Crippen molar-refractivity contribution in [2.75, 3.05) is 6.61 Å². The van der Waals surface area contributed by atoms with E-state index in [1.807, 2.05) is 0 Å². The highest BCUT2D eigenvalue weighted by Gasteiger charge is 2.46. The topological polar surface area (TPSA) is 80.0 Å². The van der Waals surface area contributed by atoms with Gasteiger partial charge in [-0.3, -0.25) is 9.59 Å². The van der Waals surface area contributed by atoms with E-state index in [0.29, 0.717) is 29.2 Å². The summed E-state index contributed by atoms with van der Waals surface area (Å²) >= 11 is 0. The molecule has 1 saturated heterocycles. The zero-order valence-electron chi connectivity index (χ0n) is 19.1. The molecule has 0 saturated carbocycles. The largest absolute Gasteiger partial charge is 0.507 e. The average molecular weight is 464 g/mol. The number of furan rings is 1. The number of halogens is 1. The van der Waals surface area contributed by atoms with Gasteiger partial charge < -0.3 is 19.2 Å². The number of unbranched alkanes of at least 4 members (excludes halogenated alkanes) is 1. The summed E-state index contributed by atoms with van der Waals surface area (Å²) in [6.45, 7) is 4.31. The molecule has 1 aliphatic rings. The lowest BCUT2D eigenvalue weighted by Gasteiger charge is -2.24. The lowest BCUT2D eigenvalue weighted by molar-refractivity contribution is -0.140. The molecule has 4 rings (SSSR count). The number of Topliss-reactive ketones (excluding diaryl/α,β-unsaturated/α-hetero) is 1. The number of carbonyl (C=O) groups is 2. The lowest BCUT2D eigenvalue weighted by Crippen LogP contribution is -2.29. The molecule has 1 aliphatic heterocycles. The van der Waals surface area contributed by atoms with Gasteiger partial charge in [0.2, 0.25) is 0 Å². The van der Waals surface area contributed by atoms with Crippen LogP contribution in [-0.4, -0.2) is 28.3 Å². The van der Waals surface area contributed by atoms with Crippen molar-refractivity contribution in [2.24, 2.45) is 0 Å². The number of aliphatic hydroxyl groups is 1. The number of aryl methyl sites for hydroxylation is 1. The van der Waals surface area contributed by atoms with Crippen molar-refractivity contribution in [1.29, 1.82) is 0 Å². The first-order valence-electron chi connectivity index (χ1n) is 11.2. The minimum absolute atomic E-state index is 0.0377. The van der Waals surface area contributed by atoms with Crippen LogP contribution >= 0.6 is 0 Å². The number of ether oxygens (including phenoxy) is 1. The van der Waals surface area contributed by atoms with Crippen LogP contribution in [0.3, 0.4) is 0 Å². The van der Waals surface area contributed by atoms with Crippen molar-refractivity contribution in [2.45, 2.75) is 39.3 Å². The summed E-state index contributed by atoms with van der Waals surface area (Å²) in [7, 11) is 0. The summed E-state index contributed by atoms with van der Waals surface area (Å²) < 4.78 is 25.3. The van der Waals surface area contributed by atoms with E-state index in [0.717, 1.165) is 18.9 Å². The molecule has 1 amide bonds. The molecule has 6 nitrogen and oxygen atoms in total. The van der Waals surface area contributed by atoms with Gasteiger partial charge in [0.1, 0.15) is 23.1 Å². The SMILES string of the molecule is CCCCOc1ccc([C@H]2C(=C(O)c3ccc(C)c(F)c3)C(=O)C(=O)N2Cc2ccco2)cc1. The number of benzene rings is 2. The van der Waals surface area contributed by atoms with Crippen LogP contribution in [0.1, 0.15) is 48.3 Å². The van der Waals surface area contributed by atoms with Crippen molar-refractivity contribution in [3.8, 4) is 5.75 Å². The van der Waals surface area contributed by atoms with Gasteiger partial charge in [-0.05, 0) is 54.8 Å². The minimum atomic E-state index is -0.876. The number of hydrogen-bond acceptors (Lipinski definition) is 5. The first-order chi connectivity index (χ1) is 16.4. The van der Waals surface area contributed by atoms with Crippen LogP contribution in [0, 0.1) is 12.7 Å². The molecule has 3 aromatic rings. The standard InChI is InChI=1S/C27H26FNO5/c1-3-4-13-33-20-11-9-18(10-12-20)24-23(25(30)19-8-7-17(2)22(28)15-19)26(31)27(32)29(24)16-21-6-5-14-34-21/h5-12,14-15,24,30H,3-4,13,16H2,1-2H3/t24-/m0/s1. The van der Waals surface area contributed by atoms with Crippen molar-refractivity contribution >= 4 is 17.4 Å². The Kier molecular flexibility index (Phi) is 6.82. The van der Waals surface area contributed by atoms with Gasteiger partial charge in [0, 0.05) is 5.56 Å². The summed E-state index contributed by atoms with van der Waals surface area (Å²) in [4.78, 5) is 27.4. The summed E-state index contributed by atoms with van der Waals surface area (Å²) in [5, 5.41) is 11.1.